The van der Waals surface area contributed by atoms with Crippen molar-refractivity contribution in [1.29, 1.82) is 0 Å². The molecule has 4 N–H and O–H groups in total. The largest absolute Gasteiger partial charge is 0.483 e. The third kappa shape index (κ3) is 4.99. The minimum Gasteiger partial charge on any atom is -0.483 e. The summed E-state index contributed by atoms with van der Waals surface area (Å²) in [6.07, 6.45) is 0. The van der Waals surface area contributed by atoms with Crippen LogP contribution in [0, 0.1) is 0 Å². The van der Waals surface area contributed by atoms with Gasteiger partial charge in [-0.25, -0.2) is 4.79 Å². The van der Waals surface area contributed by atoms with Crippen molar-refractivity contribution < 1.29 is 19.1 Å². The number of hydrogen-bond acceptors (Lipinski definition) is 4. The van der Waals surface area contributed by atoms with E-state index in [9.17, 15) is 14.4 Å². The van der Waals surface area contributed by atoms with Crippen LogP contribution in [0.3, 0.4) is 0 Å². The van der Waals surface area contributed by atoms with Crippen LogP contribution in [0.4, 0.5) is 10.5 Å². The van der Waals surface area contributed by atoms with E-state index in [4.69, 9.17) is 22.1 Å². The average Bonchev–Trinajstić information content (AvgIpc) is 2.54. The van der Waals surface area contributed by atoms with E-state index in [2.05, 4.69) is 10.6 Å². The molecule has 24 heavy (non-hydrogen) atoms. The molecule has 2 aromatic rings. The average molecular weight is 348 g/mol. The molecule has 0 radical (unpaired) electrons. The Hall–Kier alpha value is -3.06. The topological polar surface area (TPSA) is 111 Å². The number of urea groups is 1. The van der Waals surface area contributed by atoms with Crippen molar-refractivity contribution in [2.24, 2.45) is 5.73 Å². The van der Waals surface area contributed by atoms with Gasteiger partial charge in [-0.05, 0) is 30.3 Å². The zero-order chi connectivity index (χ0) is 17.5. The first kappa shape index (κ1) is 17.3. The second-order valence-corrected chi connectivity index (χ2v) is 5.10. The van der Waals surface area contributed by atoms with E-state index in [-0.39, 0.29) is 11.3 Å². The van der Waals surface area contributed by atoms with E-state index in [0.717, 1.165) is 0 Å². The second-order valence-electron chi connectivity index (χ2n) is 4.66. The Balaban J connectivity index is 1.89. The smallest absolute Gasteiger partial charge is 0.325 e. The lowest BCUT2D eigenvalue weighted by atomic mass is 10.2. The van der Waals surface area contributed by atoms with Gasteiger partial charge in [0.2, 0.25) is 0 Å². The van der Waals surface area contributed by atoms with Gasteiger partial charge in [-0.15, -0.1) is 0 Å². The van der Waals surface area contributed by atoms with Crippen LogP contribution in [0.25, 0.3) is 0 Å². The van der Waals surface area contributed by atoms with Crippen LogP contribution in [-0.4, -0.2) is 24.5 Å². The van der Waals surface area contributed by atoms with E-state index in [0.29, 0.717) is 10.7 Å². The number of halogens is 1. The first-order valence-electron chi connectivity index (χ1n) is 6.84. The standard InChI is InChI=1S/C16H14ClN3O4/c17-10-6-7-13(12(8-10)15(18)22)24-9-14(21)20-16(23)19-11-4-2-1-3-5-11/h1-8H,9H2,(H2,18,22)(H2,19,20,21,23). The predicted molar refractivity (Wildman–Crippen MR) is 89.1 cm³/mol. The molecule has 0 aromatic heterocycles. The molecule has 0 saturated carbocycles. The number of imide groups is 1. The number of ether oxygens (including phenoxy) is 1. The molecule has 0 saturated heterocycles. The summed E-state index contributed by atoms with van der Waals surface area (Å²) < 4.78 is 5.21. The van der Waals surface area contributed by atoms with Crippen molar-refractivity contribution in [3.8, 4) is 5.75 Å². The van der Waals surface area contributed by atoms with Crippen molar-refractivity contribution in [2.75, 3.05) is 11.9 Å². The lowest BCUT2D eigenvalue weighted by molar-refractivity contribution is -0.121. The van der Waals surface area contributed by atoms with Gasteiger partial charge in [0.25, 0.3) is 11.8 Å². The van der Waals surface area contributed by atoms with Crippen molar-refractivity contribution in [2.45, 2.75) is 0 Å². The summed E-state index contributed by atoms with van der Waals surface area (Å²) in [6.45, 7) is -0.468. The van der Waals surface area contributed by atoms with Gasteiger partial charge in [-0.3, -0.25) is 14.9 Å². The summed E-state index contributed by atoms with van der Waals surface area (Å²) in [7, 11) is 0. The molecule has 0 unspecified atom stereocenters. The molecule has 124 valence electrons. The maximum Gasteiger partial charge on any atom is 0.325 e. The Morgan fingerprint density at radius 3 is 2.46 bits per heavy atom. The van der Waals surface area contributed by atoms with Gasteiger partial charge >= 0.3 is 6.03 Å². The molecule has 0 aliphatic rings. The fourth-order valence-corrected chi connectivity index (χ4v) is 1.98. The zero-order valence-electron chi connectivity index (χ0n) is 12.4. The number of nitrogens with one attached hydrogen (secondary N) is 2. The molecular formula is C16H14ClN3O4. The number of carbonyl (C=O) groups is 3. The van der Waals surface area contributed by atoms with Crippen LogP contribution in [0.15, 0.2) is 48.5 Å². The Bertz CT molecular complexity index is 765. The molecular weight excluding hydrogens is 334 g/mol. The third-order valence-electron chi connectivity index (χ3n) is 2.85. The maximum atomic E-state index is 11.7. The van der Waals surface area contributed by atoms with E-state index in [1.165, 1.54) is 18.2 Å². The number of para-hydroxylation sites is 1. The highest BCUT2D eigenvalue weighted by molar-refractivity contribution is 6.31. The number of carbonyl (C=O) groups excluding carboxylic acids is 3. The fraction of sp³-hybridized carbons (Fsp3) is 0.0625. The zero-order valence-corrected chi connectivity index (χ0v) is 13.2. The van der Waals surface area contributed by atoms with Gasteiger partial charge < -0.3 is 15.8 Å². The Labute approximate surface area is 142 Å². The molecule has 2 rings (SSSR count). The first-order chi connectivity index (χ1) is 11.5. The van der Waals surface area contributed by atoms with Crippen LogP contribution >= 0.6 is 11.6 Å². The van der Waals surface area contributed by atoms with Crippen LogP contribution in [-0.2, 0) is 4.79 Å². The second kappa shape index (κ2) is 7.98. The van der Waals surface area contributed by atoms with Gasteiger partial charge in [0, 0.05) is 10.7 Å². The highest BCUT2D eigenvalue weighted by Gasteiger charge is 2.13. The normalized spacial score (nSPS) is 9.88. The minimum absolute atomic E-state index is 0.0454. The summed E-state index contributed by atoms with van der Waals surface area (Å²) >= 11 is 5.77. The molecule has 4 amide bonds. The fourth-order valence-electron chi connectivity index (χ4n) is 1.81. The monoisotopic (exact) mass is 347 g/mol. The van der Waals surface area contributed by atoms with E-state index < -0.39 is 24.5 Å². The molecule has 0 fully saturated rings. The predicted octanol–water partition coefficient (Wildman–Crippen LogP) is 2.17. The number of benzene rings is 2. The quantitative estimate of drug-likeness (QED) is 0.769. The van der Waals surface area contributed by atoms with Gasteiger partial charge in [0.05, 0.1) is 5.56 Å². The summed E-state index contributed by atoms with van der Waals surface area (Å²) in [5.41, 5.74) is 5.80. The van der Waals surface area contributed by atoms with Gasteiger partial charge in [-0.1, -0.05) is 29.8 Å². The molecule has 0 spiro atoms. The van der Waals surface area contributed by atoms with Crippen molar-refractivity contribution >= 4 is 35.1 Å². The van der Waals surface area contributed by atoms with E-state index in [1.54, 1.807) is 30.3 Å². The lowest BCUT2D eigenvalue weighted by Gasteiger charge is -2.10. The van der Waals surface area contributed by atoms with Crippen molar-refractivity contribution in [1.82, 2.24) is 5.32 Å². The maximum absolute atomic E-state index is 11.7. The third-order valence-corrected chi connectivity index (χ3v) is 3.09. The highest BCUT2D eigenvalue weighted by atomic mass is 35.5. The SMILES string of the molecule is NC(=O)c1cc(Cl)ccc1OCC(=O)NC(=O)Nc1ccccc1. The number of primary amides is 1. The van der Waals surface area contributed by atoms with Gasteiger partial charge in [0.1, 0.15) is 5.75 Å². The summed E-state index contributed by atoms with van der Waals surface area (Å²) in [6, 6.07) is 12.2. The number of hydrogen-bond donors (Lipinski definition) is 3. The van der Waals surface area contributed by atoms with Crippen LogP contribution in [0.2, 0.25) is 5.02 Å². The van der Waals surface area contributed by atoms with Crippen molar-refractivity contribution in [3.05, 3.63) is 59.1 Å². The molecule has 0 aliphatic heterocycles. The van der Waals surface area contributed by atoms with Crippen LogP contribution in [0.5, 0.6) is 5.75 Å². The molecule has 7 nitrogen and oxygen atoms in total. The summed E-state index contributed by atoms with van der Waals surface area (Å²) in [5.74, 6) is -1.32. The Kier molecular flexibility index (Phi) is 5.75. The Morgan fingerprint density at radius 1 is 1.08 bits per heavy atom. The molecule has 2 aromatic carbocycles. The summed E-state index contributed by atoms with van der Waals surface area (Å²) in [5, 5.41) is 4.90. The van der Waals surface area contributed by atoms with Crippen LogP contribution in [0.1, 0.15) is 10.4 Å². The van der Waals surface area contributed by atoms with E-state index in [1.807, 2.05) is 0 Å². The van der Waals surface area contributed by atoms with Crippen molar-refractivity contribution in [3.63, 3.8) is 0 Å². The summed E-state index contributed by atoms with van der Waals surface area (Å²) in [4.78, 5) is 34.7. The number of amides is 4. The molecule has 0 aliphatic carbocycles. The highest BCUT2D eigenvalue weighted by Crippen LogP contribution is 2.22. The molecule has 8 heteroatoms. The van der Waals surface area contributed by atoms with Gasteiger partial charge in [0.15, 0.2) is 6.61 Å². The molecule has 0 bridgehead atoms. The van der Waals surface area contributed by atoms with Gasteiger partial charge in [-0.2, -0.15) is 0 Å². The number of anilines is 1. The lowest BCUT2D eigenvalue weighted by Crippen LogP contribution is -2.37. The number of rotatable bonds is 5. The molecule has 0 atom stereocenters. The minimum atomic E-state index is -0.741. The van der Waals surface area contributed by atoms with E-state index >= 15 is 0 Å². The van der Waals surface area contributed by atoms with Crippen LogP contribution < -0.4 is 21.1 Å². The number of nitrogens with two attached hydrogens (primary N) is 1. The first-order valence-corrected chi connectivity index (χ1v) is 7.21. The molecule has 0 heterocycles. The Morgan fingerprint density at radius 2 is 1.79 bits per heavy atom.